The summed E-state index contributed by atoms with van der Waals surface area (Å²) in [6.07, 6.45) is -0.182. The van der Waals surface area contributed by atoms with Gasteiger partial charge >= 0.3 is 5.97 Å². The van der Waals surface area contributed by atoms with Gasteiger partial charge in [-0.05, 0) is 35.3 Å². The maximum absolute atomic E-state index is 12.0. The fraction of sp³-hybridized carbons (Fsp3) is 0.444. The van der Waals surface area contributed by atoms with E-state index < -0.39 is 28.6 Å². The molecule has 0 aromatic carbocycles. The Bertz CT molecular complexity index is 539. The Morgan fingerprint density at radius 3 is 2.61 bits per heavy atom. The largest absolute Gasteiger partial charge is 0.480 e. The molecule has 1 unspecified atom stereocenters. The molecule has 0 spiro atoms. The van der Waals surface area contributed by atoms with Crippen LogP contribution in [0.4, 0.5) is 0 Å². The van der Waals surface area contributed by atoms with E-state index in [2.05, 4.69) is 20.7 Å². The molecule has 1 heterocycles. The fourth-order valence-electron chi connectivity index (χ4n) is 1.31. The number of aryl methyl sites for hydroxylation is 1. The Kier molecular flexibility index (Phi) is 5.29. The van der Waals surface area contributed by atoms with Crippen molar-refractivity contribution in [3.8, 4) is 0 Å². The Hall–Kier alpha value is -0.480. The number of hydrogen-bond donors (Lipinski definition) is 3. The van der Waals surface area contributed by atoms with E-state index in [4.69, 9.17) is 10.2 Å². The first-order chi connectivity index (χ1) is 8.27. The summed E-state index contributed by atoms with van der Waals surface area (Å²) < 4.78 is 26.7. The summed E-state index contributed by atoms with van der Waals surface area (Å²) in [6, 6.07) is 0.0817. The van der Waals surface area contributed by atoms with Crippen molar-refractivity contribution in [1.82, 2.24) is 4.72 Å². The van der Waals surface area contributed by atoms with Gasteiger partial charge in [0.2, 0.25) is 10.0 Å². The van der Waals surface area contributed by atoms with Crippen molar-refractivity contribution in [3.05, 3.63) is 14.7 Å². The number of rotatable bonds is 6. The number of aliphatic hydroxyl groups is 1. The topological polar surface area (TPSA) is 104 Å². The van der Waals surface area contributed by atoms with Gasteiger partial charge in [-0.2, -0.15) is 4.72 Å². The van der Waals surface area contributed by atoms with Gasteiger partial charge in [0.1, 0.15) is 6.04 Å². The number of aliphatic carboxylic acids is 1. The minimum Gasteiger partial charge on any atom is -0.480 e. The van der Waals surface area contributed by atoms with Crippen molar-refractivity contribution in [1.29, 1.82) is 0 Å². The molecule has 0 aliphatic rings. The maximum Gasteiger partial charge on any atom is 0.321 e. The smallest absolute Gasteiger partial charge is 0.321 e. The van der Waals surface area contributed by atoms with Gasteiger partial charge in [0.05, 0.1) is 8.68 Å². The van der Waals surface area contributed by atoms with Crippen LogP contribution in [-0.2, 0) is 14.8 Å². The average molecular weight is 358 g/mol. The minimum atomic E-state index is -3.90. The van der Waals surface area contributed by atoms with Gasteiger partial charge < -0.3 is 10.2 Å². The third kappa shape index (κ3) is 3.75. The third-order valence-corrected chi connectivity index (χ3v) is 5.43. The van der Waals surface area contributed by atoms with Crippen LogP contribution < -0.4 is 4.72 Å². The lowest BCUT2D eigenvalue weighted by molar-refractivity contribution is -0.139. The number of carboxylic acids is 1. The first-order valence-corrected chi connectivity index (χ1v) is 7.99. The van der Waals surface area contributed by atoms with Gasteiger partial charge in [-0.1, -0.05) is 0 Å². The van der Waals surface area contributed by atoms with Crippen molar-refractivity contribution in [2.75, 3.05) is 6.61 Å². The molecule has 1 atom stereocenters. The van der Waals surface area contributed by atoms with Gasteiger partial charge in [0.25, 0.3) is 0 Å². The molecule has 0 bridgehead atoms. The highest BCUT2D eigenvalue weighted by molar-refractivity contribution is 9.11. The van der Waals surface area contributed by atoms with Crippen LogP contribution >= 0.6 is 27.3 Å². The Labute approximate surface area is 117 Å². The zero-order valence-corrected chi connectivity index (χ0v) is 12.6. The minimum absolute atomic E-state index is 0.0450. The number of sulfonamides is 1. The quantitative estimate of drug-likeness (QED) is 0.702. The van der Waals surface area contributed by atoms with Crippen LogP contribution in [0.2, 0.25) is 0 Å². The summed E-state index contributed by atoms with van der Waals surface area (Å²) >= 11 is 4.42. The van der Waals surface area contributed by atoms with Crippen molar-refractivity contribution in [2.45, 2.75) is 24.3 Å². The lowest BCUT2D eigenvalue weighted by Gasteiger charge is -2.13. The van der Waals surface area contributed by atoms with Crippen LogP contribution in [0.5, 0.6) is 0 Å². The molecular weight excluding hydrogens is 346 g/mol. The van der Waals surface area contributed by atoms with E-state index >= 15 is 0 Å². The number of nitrogens with one attached hydrogen (secondary N) is 1. The maximum atomic E-state index is 12.0. The first-order valence-electron chi connectivity index (χ1n) is 4.90. The van der Waals surface area contributed by atoms with Crippen LogP contribution in [0.25, 0.3) is 0 Å². The Morgan fingerprint density at radius 2 is 2.22 bits per heavy atom. The third-order valence-electron chi connectivity index (χ3n) is 2.14. The second-order valence-corrected chi connectivity index (χ2v) is 7.81. The summed E-state index contributed by atoms with van der Waals surface area (Å²) in [5, 5.41) is 17.6. The number of aliphatic hydroxyl groups excluding tert-OH is 1. The molecule has 0 radical (unpaired) electrons. The predicted octanol–water partition coefficient (Wildman–Crippen LogP) is 0.933. The highest BCUT2D eigenvalue weighted by atomic mass is 79.9. The Morgan fingerprint density at radius 1 is 1.61 bits per heavy atom. The second kappa shape index (κ2) is 6.11. The molecule has 0 fully saturated rings. The second-order valence-electron chi connectivity index (χ2n) is 3.50. The first kappa shape index (κ1) is 15.6. The Balaban J connectivity index is 3.00. The van der Waals surface area contributed by atoms with Gasteiger partial charge in [-0.25, -0.2) is 8.42 Å². The molecule has 0 aliphatic carbocycles. The fourth-order valence-corrected chi connectivity index (χ4v) is 4.95. The summed E-state index contributed by atoms with van der Waals surface area (Å²) in [5.74, 6) is -1.32. The van der Waals surface area contributed by atoms with Crippen molar-refractivity contribution >= 4 is 43.3 Å². The standard InChI is InChI=1S/C9H12BrNO5S2/c1-5-7(4-8(10)17-5)18(15,16)11-6(2-3-12)9(13)14/h4,6,11-12H,2-3H2,1H3,(H,13,14). The summed E-state index contributed by atoms with van der Waals surface area (Å²) in [4.78, 5) is 11.4. The normalized spacial score (nSPS) is 13.5. The van der Waals surface area contributed by atoms with Crippen molar-refractivity contribution in [2.24, 2.45) is 0 Å². The molecule has 9 heteroatoms. The molecule has 18 heavy (non-hydrogen) atoms. The van der Waals surface area contributed by atoms with Crippen molar-refractivity contribution < 1.29 is 23.4 Å². The van der Waals surface area contributed by atoms with E-state index in [1.165, 1.54) is 17.4 Å². The highest BCUT2D eigenvalue weighted by Crippen LogP contribution is 2.29. The predicted molar refractivity (Wildman–Crippen MR) is 70.2 cm³/mol. The summed E-state index contributed by atoms with van der Waals surface area (Å²) in [7, 11) is -3.90. The number of halogens is 1. The monoisotopic (exact) mass is 357 g/mol. The van der Waals surface area contributed by atoms with Gasteiger partial charge in [0.15, 0.2) is 0 Å². The number of hydrogen-bond acceptors (Lipinski definition) is 5. The zero-order chi connectivity index (χ0) is 13.9. The molecular formula is C9H12BrNO5S2. The number of thiophene rings is 1. The molecule has 1 rings (SSSR count). The van der Waals surface area contributed by atoms with E-state index in [1.54, 1.807) is 6.92 Å². The van der Waals surface area contributed by atoms with E-state index in [-0.39, 0.29) is 11.3 Å². The van der Waals surface area contributed by atoms with E-state index in [0.717, 1.165) is 0 Å². The van der Waals surface area contributed by atoms with E-state index in [9.17, 15) is 13.2 Å². The molecule has 1 aromatic rings. The molecule has 0 saturated heterocycles. The molecule has 1 aromatic heterocycles. The SMILES string of the molecule is Cc1sc(Br)cc1S(=O)(=O)NC(CCO)C(=O)O. The molecule has 0 saturated carbocycles. The van der Waals surface area contributed by atoms with Crippen LogP contribution in [0.3, 0.4) is 0 Å². The van der Waals surface area contributed by atoms with Crippen molar-refractivity contribution in [3.63, 3.8) is 0 Å². The lowest BCUT2D eigenvalue weighted by atomic mass is 10.2. The molecule has 6 nitrogen and oxygen atoms in total. The molecule has 102 valence electrons. The van der Waals surface area contributed by atoms with Crippen LogP contribution in [0.1, 0.15) is 11.3 Å². The van der Waals surface area contributed by atoms with E-state index in [1.807, 2.05) is 0 Å². The van der Waals surface area contributed by atoms with Crippen LogP contribution in [0, 0.1) is 6.92 Å². The highest BCUT2D eigenvalue weighted by Gasteiger charge is 2.27. The summed E-state index contributed by atoms with van der Waals surface area (Å²) in [5.41, 5.74) is 0. The van der Waals surface area contributed by atoms with Gasteiger partial charge in [-0.15, -0.1) is 11.3 Å². The average Bonchev–Trinajstić information content (AvgIpc) is 2.57. The van der Waals surface area contributed by atoms with Crippen LogP contribution in [0.15, 0.2) is 14.7 Å². The van der Waals surface area contributed by atoms with Gasteiger partial charge in [0, 0.05) is 11.5 Å². The zero-order valence-electron chi connectivity index (χ0n) is 9.38. The van der Waals surface area contributed by atoms with E-state index in [0.29, 0.717) is 8.66 Å². The molecule has 0 aliphatic heterocycles. The number of carboxylic acid groups (broad SMARTS) is 1. The lowest BCUT2D eigenvalue weighted by Crippen LogP contribution is -2.41. The number of carbonyl (C=O) groups is 1. The van der Waals surface area contributed by atoms with Gasteiger partial charge in [-0.3, -0.25) is 4.79 Å². The summed E-state index contributed by atoms with van der Waals surface area (Å²) in [6.45, 7) is 1.22. The molecule has 0 amide bonds. The molecule has 3 N–H and O–H groups in total. The van der Waals surface area contributed by atoms with Crippen LogP contribution in [-0.4, -0.2) is 37.2 Å².